The van der Waals surface area contributed by atoms with Crippen molar-refractivity contribution in [2.24, 2.45) is 35.5 Å². The van der Waals surface area contributed by atoms with E-state index in [1.165, 1.54) is 25.7 Å². The third-order valence-corrected chi connectivity index (χ3v) is 6.72. The maximum atomic E-state index is 11.0. The molecule has 0 saturated heterocycles. The van der Waals surface area contributed by atoms with Gasteiger partial charge in [-0.3, -0.25) is 4.79 Å². The third kappa shape index (κ3) is 9.79. The summed E-state index contributed by atoms with van der Waals surface area (Å²) < 4.78 is 5.16. The first-order chi connectivity index (χ1) is 13.2. The molecule has 0 amide bonds. The molecular formula is C26H52O2. The fourth-order valence-electron chi connectivity index (χ4n) is 5.38. The second-order valence-electron chi connectivity index (χ2n) is 9.70. The summed E-state index contributed by atoms with van der Waals surface area (Å²) in [5.41, 5.74) is 0. The quantitative estimate of drug-likeness (QED) is 0.386. The smallest absolute Gasteiger partial charge is 0.306 e. The molecule has 0 aliphatic heterocycles. The monoisotopic (exact) mass is 396 g/mol. The zero-order valence-corrected chi connectivity index (χ0v) is 20.7. The highest BCUT2D eigenvalue weighted by atomic mass is 16.5. The van der Waals surface area contributed by atoms with Crippen molar-refractivity contribution in [2.75, 3.05) is 0 Å². The number of fused-ring (bicyclic) bond motifs is 2. The van der Waals surface area contributed by atoms with Gasteiger partial charge in [0.1, 0.15) is 0 Å². The molecule has 2 nitrogen and oxygen atoms in total. The van der Waals surface area contributed by atoms with Crippen LogP contribution in [0.2, 0.25) is 0 Å². The van der Waals surface area contributed by atoms with Gasteiger partial charge in [-0.15, -0.1) is 0 Å². The highest BCUT2D eigenvalue weighted by molar-refractivity contribution is 5.69. The Balaban J connectivity index is 0.000000439. The summed E-state index contributed by atoms with van der Waals surface area (Å²) in [7, 11) is 0. The number of unbranched alkanes of at least 4 members (excludes halogenated alkanes) is 1. The lowest BCUT2D eigenvalue weighted by Crippen LogP contribution is -2.25. The van der Waals surface area contributed by atoms with Crippen molar-refractivity contribution >= 4 is 5.97 Å². The largest absolute Gasteiger partial charge is 0.463 e. The average molecular weight is 397 g/mol. The van der Waals surface area contributed by atoms with Gasteiger partial charge in [0.15, 0.2) is 0 Å². The minimum Gasteiger partial charge on any atom is -0.463 e. The summed E-state index contributed by atoms with van der Waals surface area (Å²) in [4.78, 5) is 11.0. The molecular weight excluding hydrogens is 344 g/mol. The van der Waals surface area contributed by atoms with Crippen LogP contribution in [0.1, 0.15) is 120 Å². The van der Waals surface area contributed by atoms with Crippen LogP contribution in [0.15, 0.2) is 0 Å². The van der Waals surface area contributed by atoms with Gasteiger partial charge in [0.2, 0.25) is 0 Å². The van der Waals surface area contributed by atoms with Crippen LogP contribution in [0.4, 0.5) is 0 Å². The molecule has 0 aromatic rings. The minimum atomic E-state index is -0.0642. The van der Waals surface area contributed by atoms with E-state index in [2.05, 4.69) is 48.5 Å². The average Bonchev–Trinajstić information content (AvgIpc) is 3.17. The van der Waals surface area contributed by atoms with Gasteiger partial charge in [-0.05, 0) is 68.1 Å². The molecule has 2 heteroatoms. The van der Waals surface area contributed by atoms with Crippen LogP contribution in [0, 0.1) is 35.5 Å². The van der Waals surface area contributed by atoms with Crippen molar-refractivity contribution in [1.29, 1.82) is 0 Å². The molecule has 2 aliphatic carbocycles. The van der Waals surface area contributed by atoms with Crippen LogP contribution in [0.25, 0.3) is 0 Å². The summed E-state index contributed by atoms with van der Waals surface area (Å²) in [6.45, 7) is 19.8. The van der Waals surface area contributed by atoms with E-state index in [-0.39, 0.29) is 12.1 Å². The molecule has 0 N–H and O–H groups in total. The Bertz CT molecular complexity index is 386. The van der Waals surface area contributed by atoms with E-state index in [4.69, 9.17) is 4.74 Å². The van der Waals surface area contributed by atoms with Crippen LogP contribution in [-0.4, -0.2) is 12.1 Å². The minimum absolute atomic E-state index is 0.0642. The molecule has 28 heavy (non-hydrogen) atoms. The van der Waals surface area contributed by atoms with E-state index in [0.717, 1.165) is 42.4 Å². The molecule has 2 fully saturated rings. The van der Waals surface area contributed by atoms with E-state index in [1.807, 2.05) is 13.8 Å². The first-order valence-electron chi connectivity index (χ1n) is 12.4. The number of rotatable bonds is 8. The Labute approximate surface area is 177 Å². The predicted molar refractivity (Wildman–Crippen MR) is 123 cm³/mol. The van der Waals surface area contributed by atoms with E-state index < -0.39 is 0 Å². The van der Waals surface area contributed by atoms with Crippen LogP contribution in [-0.2, 0) is 9.53 Å². The van der Waals surface area contributed by atoms with Gasteiger partial charge < -0.3 is 4.74 Å². The lowest BCUT2D eigenvalue weighted by atomic mass is 9.72. The summed E-state index contributed by atoms with van der Waals surface area (Å²) in [6, 6.07) is 0. The zero-order valence-electron chi connectivity index (χ0n) is 20.7. The SMILES string of the molecule is CCC1C2CC(C)C(C2)C1CC.CCCC.CCCC(=O)OC(C)CC(C)C. The normalized spacial score (nSPS) is 28.9. The van der Waals surface area contributed by atoms with Gasteiger partial charge in [0.05, 0.1) is 6.10 Å². The standard InChI is InChI=1S/C12H22.C10H20O2.C4H10/c1-4-10-9-6-8(3)12(7-9)11(10)5-2;1-5-6-10(11)12-9(4)7-8(2)3;1-3-4-2/h8-12H,4-7H2,1-3H3;8-9H,5-7H2,1-4H3;3-4H2,1-2H3. The topological polar surface area (TPSA) is 26.3 Å². The maximum Gasteiger partial charge on any atom is 0.306 e. The van der Waals surface area contributed by atoms with E-state index >= 15 is 0 Å². The lowest BCUT2D eigenvalue weighted by molar-refractivity contribution is -0.148. The van der Waals surface area contributed by atoms with Gasteiger partial charge in [-0.2, -0.15) is 0 Å². The summed E-state index contributed by atoms with van der Waals surface area (Å²) in [5.74, 6) is 5.97. The van der Waals surface area contributed by atoms with Gasteiger partial charge >= 0.3 is 5.97 Å². The lowest BCUT2D eigenvalue weighted by Gasteiger charge is -2.33. The second-order valence-corrected chi connectivity index (χ2v) is 9.70. The van der Waals surface area contributed by atoms with E-state index in [0.29, 0.717) is 12.3 Å². The van der Waals surface area contributed by atoms with Crippen molar-refractivity contribution in [3.63, 3.8) is 0 Å². The number of carbonyl (C=O) groups is 1. The number of hydrogen-bond acceptors (Lipinski definition) is 2. The Hall–Kier alpha value is -0.530. The number of esters is 1. The Kier molecular flexibility index (Phi) is 15.0. The molecule has 6 atom stereocenters. The van der Waals surface area contributed by atoms with Crippen molar-refractivity contribution in [3.05, 3.63) is 0 Å². The van der Waals surface area contributed by atoms with Crippen LogP contribution in [0.5, 0.6) is 0 Å². The Morgan fingerprint density at radius 2 is 1.46 bits per heavy atom. The Morgan fingerprint density at radius 1 is 0.893 bits per heavy atom. The number of ether oxygens (including phenoxy) is 1. The van der Waals surface area contributed by atoms with E-state index in [1.54, 1.807) is 12.8 Å². The van der Waals surface area contributed by atoms with Crippen molar-refractivity contribution in [2.45, 2.75) is 126 Å². The molecule has 0 spiro atoms. The van der Waals surface area contributed by atoms with Crippen LogP contribution in [0.3, 0.4) is 0 Å². The maximum absolute atomic E-state index is 11.0. The highest BCUT2D eigenvalue weighted by Gasteiger charge is 2.48. The van der Waals surface area contributed by atoms with Gasteiger partial charge in [-0.1, -0.05) is 81.1 Å². The first-order valence-corrected chi connectivity index (χ1v) is 12.4. The summed E-state index contributed by atoms with van der Waals surface area (Å²) in [6.07, 6.45) is 11.1. The third-order valence-electron chi connectivity index (χ3n) is 6.72. The second kappa shape index (κ2) is 15.3. The summed E-state index contributed by atoms with van der Waals surface area (Å²) >= 11 is 0. The predicted octanol–water partition coefficient (Wildman–Crippen LogP) is 8.29. The molecule has 0 heterocycles. The highest BCUT2D eigenvalue weighted by Crippen LogP contribution is 2.57. The molecule has 2 rings (SSSR count). The van der Waals surface area contributed by atoms with Gasteiger partial charge in [0.25, 0.3) is 0 Å². The van der Waals surface area contributed by atoms with Crippen molar-refractivity contribution in [3.8, 4) is 0 Å². The Morgan fingerprint density at radius 3 is 1.89 bits per heavy atom. The van der Waals surface area contributed by atoms with Crippen molar-refractivity contribution in [1.82, 2.24) is 0 Å². The molecule has 168 valence electrons. The molecule has 2 aliphatic rings. The molecule has 0 aromatic heterocycles. The molecule has 0 aromatic carbocycles. The van der Waals surface area contributed by atoms with Crippen LogP contribution < -0.4 is 0 Å². The fraction of sp³-hybridized carbons (Fsp3) is 0.962. The van der Waals surface area contributed by atoms with Gasteiger partial charge in [-0.25, -0.2) is 0 Å². The van der Waals surface area contributed by atoms with Gasteiger partial charge in [0, 0.05) is 6.42 Å². The molecule has 2 bridgehead atoms. The van der Waals surface area contributed by atoms with E-state index in [9.17, 15) is 4.79 Å². The fourth-order valence-corrected chi connectivity index (χ4v) is 5.38. The molecule has 2 saturated carbocycles. The molecule has 6 unspecified atom stereocenters. The number of hydrogen-bond donors (Lipinski definition) is 0. The zero-order chi connectivity index (χ0) is 21.7. The van der Waals surface area contributed by atoms with Crippen LogP contribution >= 0.6 is 0 Å². The number of carbonyl (C=O) groups excluding carboxylic acids is 1. The summed E-state index contributed by atoms with van der Waals surface area (Å²) in [5, 5.41) is 0. The van der Waals surface area contributed by atoms with Crippen molar-refractivity contribution < 1.29 is 9.53 Å². The first kappa shape index (κ1) is 27.5. The molecule has 0 radical (unpaired) electrons.